The van der Waals surface area contributed by atoms with Gasteiger partial charge < -0.3 is 15.2 Å². The van der Waals surface area contributed by atoms with Crippen molar-refractivity contribution in [3.8, 4) is 11.5 Å². The maximum atomic E-state index is 13.9. The van der Waals surface area contributed by atoms with Gasteiger partial charge in [0.1, 0.15) is 23.7 Å². The van der Waals surface area contributed by atoms with Crippen molar-refractivity contribution < 1.29 is 36.2 Å². The summed E-state index contributed by atoms with van der Waals surface area (Å²) >= 11 is 0. The summed E-state index contributed by atoms with van der Waals surface area (Å²) in [7, 11) is 0. The molecule has 0 aromatic heterocycles. The van der Waals surface area contributed by atoms with Gasteiger partial charge in [0.25, 0.3) is 5.91 Å². The molecule has 2 N–H and O–H groups in total. The van der Waals surface area contributed by atoms with Gasteiger partial charge in [0.15, 0.2) is 11.6 Å². The summed E-state index contributed by atoms with van der Waals surface area (Å²) < 4.78 is 72.6. The molecular formula is C15H10F5NO3. The van der Waals surface area contributed by atoms with Gasteiger partial charge in [0, 0.05) is 0 Å². The monoisotopic (exact) mass is 347 g/mol. The topological polar surface area (TPSA) is 61.6 Å². The van der Waals surface area contributed by atoms with E-state index in [2.05, 4.69) is 4.74 Å². The fourth-order valence-electron chi connectivity index (χ4n) is 1.86. The van der Waals surface area contributed by atoms with E-state index >= 15 is 0 Å². The summed E-state index contributed by atoms with van der Waals surface area (Å²) in [5, 5.41) is 0. The van der Waals surface area contributed by atoms with E-state index in [0.29, 0.717) is 0 Å². The van der Waals surface area contributed by atoms with Crippen molar-refractivity contribution in [2.24, 2.45) is 5.73 Å². The maximum Gasteiger partial charge on any atom is 0.573 e. The Morgan fingerprint density at radius 1 is 1.12 bits per heavy atom. The number of alkyl halides is 3. The van der Waals surface area contributed by atoms with Crippen molar-refractivity contribution >= 4 is 5.91 Å². The summed E-state index contributed by atoms with van der Waals surface area (Å²) in [4.78, 5) is 11.0. The van der Waals surface area contributed by atoms with Crippen LogP contribution in [0.2, 0.25) is 0 Å². The Bertz CT molecular complexity index is 761. The minimum Gasteiger partial charge on any atom is -0.486 e. The largest absolute Gasteiger partial charge is 0.573 e. The van der Waals surface area contributed by atoms with Crippen molar-refractivity contribution in [3.05, 3.63) is 59.2 Å². The Hall–Kier alpha value is -2.84. The van der Waals surface area contributed by atoms with E-state index in [9.17, 15) is 26.7 Å². The minimum atomic E-state index is -4.85. The van der Waals surface area contributed by atoms with Crippen LogP contribution in [-0.4, -0.2) is 12.3 Å². The molecule has 2 rings (SSSR count). The number of nitrogens with two attached hydrogens (primary N) is 1. The van der Waals surface area contributed by atoms with E-state index in [1.54, 1.807) is 0 Å². The smallest absolute Gasteiger partial charge is 0.486 e. The van der Waals surface area contributed by atoms with E-state index in [1.807, 2.05) is 0 Å². The number of ether oxygens (including phenoxy) is 2. The van der Waals surface area contributed by atoms with Crippen LogP contribution in [0.1, 0.15) is 15.9 Å². The first-order chi connectivity index (χ1) is 11.2. The molecule has 0 atom stereocenters. The maximum absolute atomic E-state index is 13.9. The van der Waals surface area contributed by atoms with Crippen molar-refractivity contribution in [3.63, 3.8) is 0 Å². The van der Waals surface area contributed by atoms with E-state index < -0.39 is 41.0 Å². The Labute approximate surface area is 132 Å². The third kappa shape index (κ3) is 4.34. The second kappa shape index (κ2) is 6.73. The highest BCUT2D eigenvalue weighted by Crippen LogP contribution is 2.26. The Kier molecular flexibility index (Phi) is 4.91. The molecule has 0 radical (unpaired) electrons. The predicted molar refractivity (Wildman–Crippen MR) is 72.3 cm³/mol. The average molecular weight is 347 g/mol. The lowest BCUT2D eigenvalue weighted by Crippen LogP contribution is -2.17. The number of benzene rings is 2. The van der Waals surface area contributed by atoms with Crippen molar-refractivity contribution in [2.45, 2.75) is 13.0 Å². The molecule has 9 heteroatoms. The van der Waals surface area contributed by atoms with Crippen LogP contribution >= 0.6 is 0 Å². The van der Waals surface area contributed by atoms with Crippen LogP contribution in [0.15, 0.2) is 36.4 Å². The first-order valence-electron chi connectivity index (χ1n) is 6.42. The Morgan fingerprint density at radius 3 is 2.46 bits per heavy atom. The number of halogens is 5. The zero-order chi connectivity index (χ0) is 17.9. The zero-order valence-electron chi connectivity index (χ0n) is 11.9. The molecule has 0 saturated heterocycles. The second-order valence-electron chi connectivity index (χ2n) is 4.58. The summed E-state index contributed by atoms with van der Waals surface area (Å²) in [6, 6.07) is 6.56. The molecular weight excluding hydrogens is 337 g/mol. The van der Waals surface area contributed by atoms with Crippen LogP contribution < -0.4 is 15.2 Å². The lowest BCUT2D eigenvalue weighted by atomic mass is 10.1. The van der Waals surface area contributed by atoms with Crippen molar-refractivity contribution in [1.29, 1.82) is 0 Å². The fourth-order valence-corrected chi connectivity index (χ4v) is 1.86. The van der Waals surface area contributed by atoms with Gasteiger partial charge in [0.05, 0.1) is 0 Å². The molecule has 24 heavy (non-hydrogen) atoms. The lowest BCUT2D eigenvalue weighted by molar-refractivity contribution is -0.274. The first kappa shape index (κ1) is 17.5. The summed E-state index contributed by atoms with van der Waals surface area (Å²) in [6.07, 6.45) is -4.85. The van der Waals surface area contributed by atoms with Gasteiger partial charge in [-0.15, -0.1) is 13.2 Å². The first-order valence-corrected chi connectivity index (χ1v) is 6.42. The van der Waals surface area contributed by atoms with Crippen molar-refractivity contribution in [2.75, 3.05) is 0 Å². The summed E-state index contributed by atoms with van der Waals surface area (Å²) in [5.74, 6) is -4.68. The molecule has 0 aliphatic rings. The average Bonchev–Trinajstić information content (AvgIpc) is 2.44. The molecule has 0 aliphatic heterocycles. The number of primary amides is 1. The second-order valence-corrected chi connectivity index (χ2v) is 4.58. The van der Waals surface area contributed by atoms with Crippen LogP contribution in [0.5, 0.6) is 11.5 Å². The molecule has 128 valence electrons. The number of hydrogen-bond acceptors (Lipinski definition) is 3. The standard InChI is InChI=1S/C15H10F5NO3/c16-10-4-5-11(13(17)12(10)14(21)22)23-7-8-2-1-3-9(6-8)24-15(18,19)20/h1-6H,7H2,(H2,21,22). The van der Waals surface area contributed by atoms with Gasteiger partial charge in [0.2, 0.25) is 0 Å². The summed E-state index contributed by atoms with van der Waals surface area (Å²) in [6.45, 7) is -0.337. The van der Waals surface area contributed by atoms with Crippen LogP contribution in [0.25, 0.3) is 0 Å². The minimum absolute atomic E-state index is 0.237. The van der Waals surface area contributed by atoms with Gasteiger partial charge in [-0.05, 0) is 29.8 Å². The molecule has 0 bridgehead atoms. The van der Waals surface area contributed by atoms with Crippen LogP contribution in [0.3, 0.4) is 0 Å². The molecule has 0 fully saturated rings. The molecule has 0 unspecified atom stereocenters. The highest BCUT2D eigenvalue weighted by Gasteiger charge is 2.31. The Morgan fingerprint density at radius 2 is 1.83 bits per heavy atom. The Balaban J connectivity index is 2.16. The van der Waals surface area contributed by atoms with Crippen LogP contribution in [0.4, 0.5) is 22.0 Å². The quantitative estimate of drug-likeness (QED) is 0.842. The number of rotatable bonds is 5. The van der Waals surface area contributed by atoms with Gasteiger partial charge in [-0.25, -0.2) is 8.78 Å². The molecule has 1 amide bonds. The molecule has 0 saturated carbocycles. The van der Waals surface area contributed by atoms with Gasteiger partial charge in [-0.3, -0.25) is 4.79 Å². The molecule has 0 spiro atoms. The van der Waals surface area contributed by atoms with E-state index in [0.717, 1.165) is 24.3 Å². The molecule has 2 aromatic rings. The third-order valence-electron chi connectivity index (χ3n) is 2.83. The van der Waals surface area contributed by atoms with Crippen LogP contribution in [-0.2, 0) is 6.61 Å². The highest BCUT2D eigenvalue weighted by atomic mass is 19.4. The predicted octanol–water partition coefficient (Wildman–Crippen LogP) is 3.54. The normalized spacial score (nSPS) is 11.2. The summed E-state index contributed by atoms with van der Waals surface area (Å²) in [5.41, 5.74) is 4.15. The SMILES string of the molecule is NC(=O)c1c(F)ccc(OCc2cccc(OC(F)(F)F)c2)c1F. The van der Waals surface area contributed by atoms with E-state index in [-0.39, 0.29) is 12.2 Å². The number of hydrogen-bond donors (Lipinski definition) is 1. The third-order valence-corrected chi connectivity index (χ3v) is 2.83. The molecule has 0 heterocycles. The zero-order valence-corrected chi connectivity index (χ0v) is 11.9. The lowest BCUT2D eigenvalue weighted by Gasteiger charge is -2.12. The van der Waals surface area contributed by atoms with Gasteiger partial charge in [-0.2, -0.15) is 0 Å². The fraction of sp³-hybridized carbons (Fsp3) is 0.133. The molecule has 0 aliphatic carbocycles. The van der Waals surface area contributed by atoms with E-state index in [1.165, 1.54) is 12.1 Å². The number of amides is 1. The van der Waals surface area contributed by atoms with Gasteiger partial charge in [-0.1, -0.05) is 12.1 Å². The highest BCUT2D eigenvalue weighted by molar-refractivity contribution is 5.93. The number of carbonyl (C=O) groups excluding carboxylic acids is 1. The number of carbonyl (C=O) groups is 1. The van der Waals surface area contributed by atoms with Crippen molar-refractivity contribution in [1.82, 2.24) is 0 Å². The van der Waals surface area contributed by atoms with E-state index in [4.69, 9.17) is 10.5 Å². The molecule has 4 nitrogen and oxygen atoms in total. The van der Waals surface area contributed by atoms with Gasteiger partial charge >= 0.3 is 6.36 Å². The molecule has 2 aromatic carbocycles. The van der Waals surface area contributed by atoms with Crippen LogP contribution in [0, 0.1) is 11.6 Å².